The van der Waals surface area contributed by atoms with Crippen LogP contribution in [0.3, 0.4) is 0 Å². The number of anilines is 2. The van der Waals surface area contributed by atoms with Crippen LogP contribution in [0.5, 0.6) is 5.75 Å². The Morgan fingerprint density at radius 1 is 1.29 bits per heavy atom. The van der Waals surface area contributed by atoms with E-state index in [0.29, 0.717) is 12.1 Å². The highest BCUT2D eigenvalue weighted by molar-refractivity contribution is 5.93. The van der Waals surface area contributed by atoms with Crippen LogP contribution in [-0.2, 0) is 11.2 Å². The number of carbonyl (C=O) groups is 1. The molecule has 0 aliphatic carbocycles. The summed E-state index contributed by atoms with van der Waals surface area (Å²) in [6, 6.07) is 11.7. The first-order valence-corrected chi connectivity index (χ1v) is 6.70. The second-order valence-corrected chi connectivity index (χ2v) is 5.05. The van der Waals surface area contributed by atoms with Gasteiger partial charge in [0.2, 0.25) is 5.91 Å². The minimum absolute atomic E-state index is 0.0962. The summed E-state index contributed by atoms with van der Waals surface area (Å²) in [5.74, 6) is -0.318. The van der Waals surface area contributed by atoms with Gasteiger partial charge in [0.05, 0.1) is 11.6 Å². The lowest BCUT2D eigenvalue weighted by Crippen LogP contribution is -2.32. The number of carbonyl (C=O) groups excluding carboxylic acids is 1. The molecule has 0 bridgehead atoms. The predicted octanol–water partition coefficient (Wildman–Crippen LogP) is 2.60. The molecular weight excluding hydrogens is 271 g/mol. The van der Waals surface area contributed by atoms with Crippen molar-refractivity contribution >= 4 is 17.3 Å². The van der Waals surface area contributed by atoms with Gasteiger partial charge in [0, 0.05) is 5.69 Å². The summed E-state index contributed by atoms with van der Waals surface area (Å²) in [5, 5.41) is 2.58. The van der Waals surface area contributed by atoms with E-state index in [4.69, 9.17) is 10.5 Å². The number of hydrogen-bond donors (Lipinski definition) is 2. The topological polar surface area (TPSA) is 64.3 Å². The molecule has 2 aromatic rings. The van der Waals surface area contributed by atoms with Crippen LogP contribution in [0.25, 0.3) is 0 Å². The molecule has 3 rings (SSSR count). The zero-order valence-electron chi connectivity index (χ0n) is 11.3. The Kier molecular flexibility index (Phi) is 3.48. The Morgan fingerprint density at radius 2 is 2.10 bits per heavy atom. The van der Waals surface area contributed by atoms with Crippen LogP contribution in [0, 0.1) is 11.7 Å². The van der Waals surface area contributed by atoms with Gasteiger partial charge in [-0.05, 0) is 36.2 Å². The van der Waals surface area contributed by atoms with Crippen molar-refractivity contribution in [2.24, 2.45) is 5.92 Å². The van der Waals surface area contributed by atoms with Gasteiger partial charge in [-0.15, -0.1) is 0 Å². The molecule has 1 aliphatic heterocycles. The Balaban J connectivity index is 1.74. The van der Waals surface area contributed by atoms with Gasteiger partial charge in [0.25, 0.3) is 0 Å². The molecule has 1 atom stereocenters. The molecule has 1 heterocycles. The number of para-hydroxylation sites is 1. The molecule has 1 aliphatic rings. The van der Waals surface area contributed by atoms with E-state index in [-0.39, 0.29) is 24.1 Å². The minimum Gasteiger partial charge on any atom is -0.492 e. The Morgan fingerprint density at radius 3 is 2.95 bits per heavy atom. The number of rotatable bonds is 2. The van der Waals surface area contributed by atoms with Crippen molar-refractivity contribution in [3.05, 3.63) is 53.8 Å². The molecule has 0 aromatic heterocycles. The second-order valence-electron chi connectivity index (χ2n) is 5.05. The summed E-state index contributed by atoms with van der Waals surface area (Å²) in [6.07, 6.45) is 0.575. The summed E-state index contributed by atoms with van der Waals surface area (Å²) >= 11 is 0. The van der Waals surface area contributed by atoms with Crippen molar-refractivity contribution in [2.45, 2.75) is 6.42 Å². The number of halogens is 1. The molecule has 1 unspecified atom stereocenters. The maximum Gasteiger partial charge on any atom is 0.231 e. The van der Waals surface area contributed by atoms with E-state index in [9.17, 15) is 9.18 Å². The maximum atomic E-state index is 13.6. The van der Waals surface area contributed by atoms with Gasteiger partial charge in [-0.25, -0.2) is 4.39 Å². The van der Waals surface area contributed by atoms with Crippen LogP contribution in [0.15, 0.2) is 42.5 Å². The molecule has 0 saturated carbocycles. The summed E-state index contributed by atoms with van der Waals surface area (Å²) in [6.45, 7) is 0.285. The van der Waals surface area contributed by atoms with Gasteiger partial charge in [0.1, 0.15) is 18.2 Å². The van der Waals surface area contributed by atoms with E-state index in [2.05, 4.69) is 5.32 Å². The van der Waals surface area contributed by atoms with Crippen LogP contribution in [0.4, 0.5) is 15.8 Å². The van der Waals surface area contributed by atoms with Gasteiger partial charge in [-0.3, -0.25) is 4.79 Å². The predicted molar refractivity (Wildman–Crippen MR) is 78.6 cm³/mol. The van der Waals surface area contributed by atoms with E-state index < -0.39 is 5.82 Å². The summed E-state index contributed by atoms with van der Waals surface area (Å²) < 4.78 is 19.2. The van der Waals surface area contributed by atoms with Crippen molar-refractivity contribution in [2.75, 3.05) is 17.7 Å². The third-order valence-electron chi connectivity index (χ3n) is 3.50. The highest BCUT2D eigenvalue weighted by Gasteiger charge is 2.26. The van der Waals surface area contributed by atoms with Crippen molar-refractivity contribution in [1.82, 2.24) is 0 Å². The zero-order chi connectivity index (χ0) is 14.8. The molecule has 21 heavy (non-hydrogen) atoms. The van der Waals surface area contributed by atoms with Crippen molar-refractivity contribution < 1.29 is 13.9 Å². The number of nitrogen functional groups attached to an aromatic ring is 1. The highest BCUT2D eigenvalue weighted by Crippen LogP contribution is 2.28. The van der Waals surface area contributed by atoms with E-state index in [1.54, 1.807) is 0 Å². The van der Waals surface area contributed by atoms with Gasteiger partial charge in [0.15, 0.2) is 0 Å². The first-order chi connectivity index (χ1) is 10.1. The molecule has 0 radical (unpaired) electrons. The van der Waals surface area contributed by atoms with Crippen LogP contribution in [0.1, 0.15) is 5.56 Å². The fourth-order valence-corrected chi connectivity index (χ4v) is 2.37. The molecule has 4 nitrogen and oxygen atoms in total. The highest BCUT2D eigenvalue weighted by atomic mass is 19.1. The number of hydrogen-bond acceptors (Lipinski definition) is 3. The first-order valence-electron chi connectivity index (χ1n) is 6.70. The molecule has 0 saturated heterocycles. The number of nitrogens with two attached hydrogens (primary N) is 1. The van der Waals surface area contributed by atoms with E-state index in [0.717, 1.165) is 11.3 Å². The quantitative estimate of drug-likeness (QED) is 0.834. The van der Waals surface area contributed by atoms with E-state index in [1.807, 2.05) is 24.3 Å². The van der Waals surface area contributed by atoms with E-state index >= 15 is 0 Å². The lowest BCUT2D eigenvalue weighted by atomic mass is 9.96. The normalized spacial score (nSPS) is 16.7. The van der Waals surface area contributed by atoms with E-state index in [1.165, 1.54) is 18.2 Å². The lowest BCUT2D eigenvalue weighted by Gasteiger charge is -2.24. The molecule has 3 N–H and O–H groups in total. The van der Waals surface area contributed by atoms with Crippen LogP contribution < -0.4 is 15.8 Å². The molecule has 108 valence electrons. The number of ether oxygens (including phenoxy) is 1. The van der Waals surface area contributed by atoms with Crippen molar-refractivity contribution in [1.29, 1.82) is 0 Å². The third-order valence-corrected chi connectivity index (χ3v) is 3.50. The number of amides is 1. The van der Waals surface area contributed by atoms with Crippen molar-refractivity contribution in [3.63, 3.8) is 0 Å². The minimum atomic E-state index is -0.505. The van der Waals surface area contributed by atoms with Crippen LogP contribution in [-0.4, -0.2) is 12.5 Å². The third kappa shape index (κ3) is 2.81. The lowest BCUT2D eigenvalue weighted by molar-refractivity contribution is -0.121. The second kappa shape index (κ2) is 5.44. The SMILES string of the molecule is Nc1ccc(F)c(NC(=O)C2COc3ccccc3C2)c1. The van der Waals surface area contributed by atoms with Crippen molar-refractivity contribution in [3.8, 4) is 5.75 Å². The molecule has 0 fully saturated rings. The molecule has 1 amide bonds. The maximum absolute atomic E-state index is 13.6. The van der Waals surface area contributed by atoms with Gasteiger partial charge in [-0.2, -0.15) is 0 Å². The standard InChI is InChI=1S/C16H15FN2O2/c17-13-6-5-12(18)8-14(13)19-16(20)11-7-10-3-1-2-4-15(10)21-9-11/h1-6,8,11H,7,9,18H2,(H,19,20). The number of nitrogens with one attached hydrogen (secondary N) is 1. The Hall–Kier alpha value is -2.56. The summed E-state index contributed by atoms with van der Waals surface area (Å²) in [4.78, 5) is 12.2. The average molecular weight is 286 g/mol. The molecule has 2 aromatic carbocycles. The Bertz CT molecular complexity index is 688. The molecule has 5 heteroatoms. The summed E-state index contributed by atoms with van der Waals surface area (Å²) in [7, 11) is 0. The van der Waals surface area contributed by atoms with Crippen LogP contribution in [0.2, 0.25) is 0 Å². The molecule has 0 spiro atoms. The molecular formula is C16H15FN2O2. The zero-order valence-corrected chi connectivity index (χ0v) is 11.3. The average Bonchev–Trinajstić information content (AvgIpc) is 2.50. The number of benzene rings is 2. The largest absolute Gasteiger partial charge is 0.492 e. The van der Waals surface area contributed by atoms with Crippen LogP contribution >= 0.6 is 0 Å². The fraction of sp³-hybridized carbons (Fsp3) is 0.188. The number of fused-ring (bicyclic) bond motifs is 1. The summed E-state index contributed by atoms with van der Waals surface area (Å²) in [5.41, 5.74) is 7.08. The van der Waals surface area contributed by atoms with Gasteiger partial charge >= 0.3 is 0 Å². The fourth-order valence-electron chi connectivity index (χ4n) is 2.37. The smallest absolute Gasteiger partial charge is 0.231 e. The monoisotopic (exact) mass is 286 g/mol. The Labute approximate surface area is 121 Å². The van der Waals surface area contributed by atoms with Gasteiger partial charge < -0.3 is 15.8 Å². The van der Waals surface area contributed by atoms with Gasteiger partial charge in [-0.1, -0.05) is 18.2 Å². The first kappa shape index (κ1) is 13.4.